The number of esters is 1. The van der Waals surface area contributed by atoms with E-state index in [4.69, 9.17) is 4.74 Å². The van der Waals surface area contributed by atoms with E-state index in [0.29, 0.717) is 18.7 Å². The number of nitrogens with zero attached hydrogens (tertiary/aromatic N) is 1. The molecule has 0 amide bonds. The summed E-state index contributed by atoms with van der Waals surface area (Å²) in [5.74, 6) is -0.324. The second-order valence-corrected chi connectivity index (χ2v) is 4.33. The first-order valence-electron chi connectivity index (χ1n) is 6.19. The smallest absolute Gasteiger partial charge is 0.333 e. The number of rotatable bonds is 6. The van der Waals surface area contributed by atoms with Crippen LogP contribution in [0.15, 0.2) is 36.4 Å². The fourth-order valence-electron chi connectivity index (χ4n) is 1.67. The summed E-state index contributed by atoms with van der Waals surface area (Å²) >= 11 is 0. The van der Waals surface area contributed by atoms with Gasteiger partial charge in [-0.3, -0.25) is 0 Å². The molecule has 0 aromatic heterocycles. The van der Waals surface area contributed by atoms with Gasteiger partial charge in [0.05, 0.1) is 6.54 Å². The summed E-state index contributed by atoms with van der Waals surface area (Å²) < 4.78 is 5.11. The lowest BCUT2D eigenvalue weighted by molar-refractivity contribution is -0.138. The van der Waals surface area contributed by atoms with Gasteiger partial charge in [0.25, 0.3) is 0 Å². The van der Waals surface area contributed by atoms with Gasteiger partial charge in [0.15, 0.2) is 0 Å². The molecule has 3 nitrogen and oxygen atoms in total. The van der Waals surface area contributed by atoms with Gasteiger partial charge in [0.1, 0.15) is 6.61 Å². The summed E-state index contributed by atoms with van der Waals surface area (Å²) in [5, 5.41) is 0. The summed E-state index contributed by atoms with van der Waals surface area (Å²) in [5.41, 5.74) is 2.82. The monoisotopic (exact) mass is 247 g/mol. The highest BCUT2D eigenvalue weighted by Crippen LogP contribution is 2.15. The Bertz CT molecular complexity index is 426. The first-order chi connectivity index (χ1) is 8.54. The van der Waals surface area contributed by atoms with Crippen LogP contribution in [-0.2, 0) is 9.53 Å². The van der Waals surface area contributed by atoms with Gasteiger partial charge in [-0.05, 0) is 38.5 Å². The van der Waals surface area contributed by atoms with E-state index in [1.165, 1.54) is 5.56 Å². The first kappa shape index (κ1) is 14.3. The zero-order chi connectivity index (χ0) is 13.5. The van der Waals surface area contributed by atoms with Crippen molar-refractivity contribution in [2.24, 2.45) is 0 Å². The molecular weight excluding hydrogens is 226 g/mol. The van der Waals surface area contributed by atoms with Crippen LogP contribution in [0.1, 0.15) is 19.4 Å². The fraction of sp³-hybridized carbons (Fsp3) is 0.400. The van der Waals surface area contributed by atoms with E-state index >= 15 is 0 Å². The van der Waals surface area contributed by atoms with Crippen LogP contribution in [0.2, 0.25) is 0 Å². The molecule has 3 heteroatoms. The minimum Gasteiger partial charge on any atom is -0.460 e. The molecule has 0 atom stereocenters. The molecule has 0 spiro atoms. The van der Waals surface area contributed by atoms with Crippen LogP contribution in [0.25, 0.3) is 0 Å². The van der Waals surface area contributed by atoms with Crippen molar-refractivity contribution in [3.8, 4) is 0 Å². The maximum atomic E-state index is 11.3. The molecule has 1 aromatic rings. The van der Waals surface area contributed by atoms with Gasteiger partial charge >= 0.3 is 5.97 Å². The fourth-order valence-corrected chi connectivity index (χ4v) is 1.67. The number of anilines is 1. The van der Waals surface area contributed by atoms with Gasteiger partial charge in [-0.2, -0.15) is 0 Å². The highest BCUT2D eigenvalue weighted by molar-refractivity contribution is 5.86. The number of benzene rings is 1. The Morgan fingerprint density at radius 2 is 2.17 bits per heavy atom. The maximum Gasteiger partial charge on any atom is 0.333 e. The molecule has 0 bridgehead atoms. The predicted octanol–water partition coefficient (Wildman–Crippen LogP) is 2.94. The molecule has 1 rings (SSSR count). The molecule has 0 aliphatic carbocycles. The number of ether oxygens (including phenoxy) is 1. The van der Waals surface area contributed by atoms with Crippen molar-refractivity contribution in [3.63, 3.8) is 0 Å². The molecule has 1 aromatic carbocycles. The van der Waals surface area contributed by atoms with E-state index < -0.39 is 0 Å². The number of hydrogen-bond donors (Lipinski definition) is 0. The van der Waals surface area contributed by atoms with Gasteiger partial charge in [-0.25, -0.2) is 4.79 Å². The Hall–Kier alpha value is -1.77. The largest absolute Gasteiger partial charge is 0.460 e. The number of carbonyl (C=O) groups is 1. The Kier molecular flexibility index (Phi) is 5.43. The third-order valence-corrected chi connectivity index (χ3v) is 2.69. The molecule has 0 aliphatic heterocycles. The van der Waals surface area contributed by atoms with Crippen molar-refractivity contribution in [2.45, 2.75) is 20.8 Å². The SMILES string of the molecule is C=C(C)C(=O)OCCN(CC)c1cccc(C)c1. The Labute approximate surface area is 109 Å². The van der Waals surface area contributed by atoms with Crippen LogP contribution >= 0.6 is 0 Å². The molecule has 0 fully saturated rings. The number of carbonyl (C=O) groups excluding carboxylic acids is 1. The normalized spacial score (nSPS) is 9.94. The van der Waals surface area contributed by atoms with Crippen molar-refractivity contribution < 1.29 is 9.53 Å². The van der Waals surface area contributed by atoms with E-state index in [2.05, 4.69) is 43.5 Å². The average Bonchev–Trinajstić information content (AvgIpc) is 2.34. The van der Waals surface area contributed by atoms with Gasteiger partial charge in [0, 0.05) is 17.8 Å². The molecule has 0 unspecified atom stereocenters. The lowest BCUT2D eigenvalue weighted by Crippen LogP contribution is -2.28. The van der Waals surface area contributed by atoms with Crippen LogP contribution in [-0.4, -0.2) is 25.7 Å². The van der Waals surface area contributed by atoms with E-state index in [1.54, 1.807) is 6.92 Å². The van der Waals surface area contributed by atoms with Gasteiger partial charge in [-0.15, -0.1) is 0 Å². The van der Waals surface area contributed by atoms with Crippen molar-refractivity contribution in [1.29, 1.82) is 0 Å². The summed E-state index contributed by atoms with van der Waals surface area (Å²) in [6, 6.07) is 8.30. The van der Waals surface area contributed by atoms with E-state index in [0.717, 1.165) is 12.2 Å². The lowest BCUT2D eigenvalue weighted by atomic mass is 10.2. The predicted molar refractivity (Wildman–Crippen MR) is 74.8 cm³/mol. The third kappa shape index (κ3) is 4.24. The molecule has 0 saturated heterocycles. The quantitative estimate of drug-likeness (QED) is 0.572. The third-order valence-electron chi connectivity index (χ3n) is 2.69. The zero-order valence-corrected chi connectivity index (χ0v) is 11.4. The summed E-state index contributed by atoms with van der Waals surface area (Å²) in [4.78, 5) is 13.4. The van der Waals surface area contributed by atoms with Crippen LogP contribution in [0.3, 0.4) is 0 Å². The van der Waals surface area contributed by atoms with E-state index in [9.17, 15) is 4.79 Å². The molecule has 18 heavy (non-hydrogen) atoms. The van der Waals surface area contributed by atoms with Crippen molar-refractivity contribution >= 4 is 11.7 Å². The molecule has 0 heterocycles. The molecular formula is C15H21NO2. The molecule has 0 N–H and O–H groups in total. The summed E-state index contributed by atoms with van der Waals surface area (Å²) in [6.07, 6.45) is 0. The molecule has 98 valence electrons. The highest BCUT2D eigenvalue weighted by Gasteiger charge is 2.07. The zero-order valence-electron chi connectivity index (χ0n) is 11.4. The van der Waals surface area contributed by atoms with E-state index in [1.807, 2.05) is 6.07 Å². The number of likely N-dealkylation sites (N-methyl/N-ethyl adjacent to an activating group) is 1. The minimum absolute atomic E-state index is 0.324. The standard InChI is InChI=1S/C15H21NO2/c1-5-16(9-10-18-15(17)12(2)3)14-8-6-7-13(4)11-14/h6-8,11H,2,5,9-10H2,1,3-4H3. The van der Waals surface area contributed by atoms with Gasteiger partial charge in [0.2, 0.25) is 0 Å². The average molecular weight is 247 g/mol. The second-order valence-electron chi connectivity index (χ2n) is 4.33. The highest BCUT2D eigenvalue weighted by atomic mass is 16.5. The molecule has 0 radical (unpaired) electrons. The van der Waals surface area contributed by atoms with Gasteiger partial charge in [-0.1, -0.05) is 18.7 Å². The molecule has 0 aliphatic rings. The Morgan fingerprint density at radius 1 is 1.44 bits per heavy atom. The van der Waals surface area contributed by atoms with Crippen molar-refractivity contribution in [2.75, 3.05) is 24.6 Å². The second kappa shape index (κ2) is 6.84. The van der Waals surface area contributed by atoms with Crippen molar-refractivity contribution in [1.82, 2.24) is 0 Å². The molecule has 0 saturated carbocycles. The number of aryl methyl sites for hydroxylation is 1. The topological polar surface area (TPSA) is 29.5 Å². The van der Waals surface area contributed by atoms with Crippen LogP contribution in [0, 0.1) is 6.92 Å². The summed E-state index contributed by atoms with van der Waals surface area (Å²) in [6.45, 7) is 11.3. The van der Waals surface area contributed by atoms with Crippen LogP contribution in [0.5, 0.6) is 0 Å². The Morgan fingerprint density at radius 3 is 2.72 bits per heavy atom. The lowest BCUT2D eigenvalue weighted by Gasteiger charge is -2.23. The summed E-state index contributed by atoms with van der Waals surface area (Å²) in [7, 11) is 0. The van der Waals surface area contributed by atoms with Crippen molar-refractivity contribution in [3.05, 3.63) is 42.0 Å². The van der Waals surface area contributed by atoms with Crippen LogP contribution < -0.4 is 4.90 Å². The number of hydrogen-bond acceptors (Lipinski definition) is 3. The van der Waals surface area contributed by atoms with Gasteiger partial charge < -0.3 is 9.64 Å². The maximum absolute atomic E-state index is 11.3. The van der Waals surface area contributed by atoms with E-state index in [-0.39, 0.29) is 5.97 Å². The van der Waals surface area contributed by atoms with Crippen LogP contribution in [0.4, 0.5) is 5.69 Å². The first-order valence-corrected chi connectivity index (χ1v) is 6.19. The Balaban J connectivity index is 2.53. The minimum atomic E-state index is -0.324.